The van der Waals surface area contributed by atoms with Crippen molar-refractivity contribution in [1.29, 1.82) is 0 Å². The molecule has 0 unspecified atom stereocenters. The average Bonchev–Trinajstić information content (AvgIpc) is 2.59. The van der Waals surface area contributed by atoms with Gasteiger partial charge in [-0.1, -0.05) is 13.8 Å². The van der Waals surface area contributed by atoms with Crippen LogP contribution in [0.5, 0.6) is 0 Å². The number of furan rings is 1. The Balaban J connectivity index is 2.77. The maximum Gasteiger partial charge on any atom is 0.326 e. The Labute approximate surface area is 93.4 Å². The first-order chi connectivity index (χ1) is 7.43. The van der Waals surface area contributed by atoms with Gasteiger partial charge in [0, 0.05) is 0 Å². The molecule has 1 rings (SSSR count). The average molecular weight is 225 g/mol. The molecule has 5 heteroatoms. The maximum absolute atomic E-state index is 11.7. The molecule has 0 spiro atoms. The largest absolute Gasteiger partial charge is 0.480 e. The molecule has 0 saturated heterocycles. The van der Waals surface area contributed by atoms with E-state index in [4.69, 9.17) is 9.52 Å². The minimum atomic E-state index is -1.04. The van der Waals surface area contributed by atoms with E-state index in [1.807, 2.05) is 0 Å². The fourth-order valence-electron chi connectivity index (χ4n) is 1.35. The first-order valence-electron chi connectivity index (χ1n) is 5.01. The van der Waals surface area contributed by atoms with Gasteiger partial charge in [-0.15, -0.1) is 0 Å². The molecule has 1 atom stereocenters. The van der Waals surface area contributed by atoms with E-state index < -0.39 is 17.9 Å². The Kier molecular flexibility index (Phi) is 3.71. The highest BCUT2D eigenvalue weighted by molar-refractivity contribution is 5.97. The van der Waals surface area contributed by atoms with Crippen LogP contribution in [0.25, 0.3) is 0 Å². The smallest absolute Gasteiger partial charge is 0.326 e. The number of amides is 1. The van der Waals surface area contributed by atoms with Crippen LogP contribution in [0.3, 0.4) is 0 Å². The molecule has 1 aromatic rings. The van der Waals surface area contributed by atoms with Gasteiger partial charge in [-0.3, -0.25) is 4.79 Å². The van der Waals surface area contributed by atoms with Gasteiger partial charge in [0.15, 0.2) is 0 Å². The minimum Gasteiger partial charge on any atom is -0.480 e. The number of carboxylic acids is 1. The molecule has 5 nitrogen and oxygen atoms in total. The lowest BCUT2D eigenvalue weighted by molar-refractivity contribution is -0.140. The zero-order valence-corrected chi connectivity index (χ0v) is 9.48. The molecule has 0 radical (unpaired) electrons. The quantitative estimate of drug-likeness (QED) is 0.812. The zero-order chi connectivity index (χ0) is 12.3. The van der Waals surface area contributed by atoms with Crippen molar-refractivity contribution in [3.8, 4) is 0 Å². The predicted molar refractivity (Wildman–Crippen MR) is 57.2 cm³/mol. The van der Waals surface area contributed by atoms with E-state index in [9.17, 15) is 9.59 Å². The molecule has 0 bridgehead atoms. The molecule has 1 amide bonds. The van der Waals surface area contributed by atoms with Crippen LogP contribution in [0.4, 0.5) is 0 Å². The third kappa shape index (κ3) is 2.62. The van der Waals surface area contributed by atoms with Gasteiger partial charge in [0.25, 0.3) is 5.91 Å². The minimum absolute atomic E-state index is 0.173. The monoisotopic (exact) mass is 225 g/mol. The second-order valence-electron chi connectivity index (χ2n) is 3.92. The second kappa shape index (κ2) is 4.83. The molecule has 0 fully saturated rings. The van der Waals surface area contributed by atoms with E-state index in [0.717, 1.165) is 0 Å². The highest BCUT2D eigenvalue weighted by Gasteiger charge is 2.24. The van der Waals surface area contributed by atoms with Crippen LogP contribution < -0.4 is 5.32 Å². The lowest BCUT2D eigenvalue weighted by atomic mass is 10.0. The maximum atomic E-state index is 11.7. The van der Waals surface area contributed by atoms with E-state index in [1.54, 1.807) is 20.8 Å². The topological polar surface area (TPSA) is 79.5 Å². The number of carbonyl (C=O) groups excluding carboxylic acids is 1. The number of aliphatic carboxylic acids is 1. The van der Waals surface area contributed by atoms with Crippen molar-refractivity contribution in [2.24, 2.45) is 5.92 Å². The Bertz CT molecular complexity index is 394. The van der Waals surface area contributed by atoms with Gasteiger partial charge < -0.3 is 14.8 Å². The molecule has 0 aliphatic heterocycles. The van der Waals surface area contributed by atoms with Gasteiger partial charge in [-0.05, 0) is 18.9 Å². The van der Waals surface area contributed by atoms with Crippen molar-refractivity contribution < 1.29 is 19.1 Å². The van der Waals surface area contributed by atoms with Crippen LogP contribution in [-0.2, 0) is 4.79 Å². The molecule has 0 aliphatic carbocycles. The van der Waals surface area contributed by atoms with E-state index in [2.05, 4.69) is 5.32 Å². The highest BCUT2D eigenvalue weighted by Crippen LogP contribution is 2.10. The van der Waals surface area contributed by atoms with Gasteiger partial charge in [-0.25, -0.2) is 4.79 Å². The van der Waals surface area contributed by atoms with Gasteiger partial charge in [0.05, 0.1) is 11.8 Å². The van der Waals surface area contributed by atoms with Crippen molar-refractivity contribution in [1.82, 2.24) is 5.32 Å². The number of hydrogen-bond donors (Lipinski definition) is 2. The van der Waals surface area contributed by atoms with Crippen molar-refractivity contribution in [2.75, 3.05) is 0 Å². The standard InChI is InChI=1S/C11H15NO4/c1-6(2)9(11(14)15)12-10(13)8-4-5-16-7(8)3/h4-6,9H,1-3H3,(H,12,13)(H,14,15)/t9-/m0/s1. The summed E-state index contributed by atoms with van der Waals surface area (Å²) in [6.07, 6.45) is 1.40. The number of hydrogen-bond acceptors (Lipinski definition) is 3. The van der Waals surface area contributed by atoms with Crippen molar-refractivity contribution in [3.05, 3.63) is 23.7 Å². The summed E-state index contributed by atoms with van der Waals surface area (Å²) in [6, 6.07) is 0.631. The zero-order valence-electron chi connectivity index (χ0n) is 9.48. The van der Waals surface area contributed by atoms with Crippen LogP contribution in [0, 0.1) is 12.8 Å². The Morgan fingerprint density at radius 3 is 2.44 bits per heavy atom. The van der Waals surface area contributed by atoms with Gasteiger partial charge in [-0.2, -0.15) is 0 Å². The van der Waals surface area contributed by atoms with Gasteiger partial charge in [0.1, 0.15) is 11.8 Å². The SMILES string of the molecule is Cc1occc1C(=O)N[C@H](C(=O)O)C(C)C. The van der Waals surface area contributed by atoms with Gasteiger partial charge >= 0.3 is 5.97 Å². The fourth-order valence-corrected chi connectivity index (χ4v) is 1.35. The third-order valence-electron chi connectivity index (χ3n) is 2.32. The number of nitrogens with one attached hydrogen (secondary N) is 1. The predicted octanol–water partition coefficient (Wildman–Crippen LogP) is 1.43. The van der Waals surface area contributed by atoms with E-state index in [-0.39, 0.29) is 5.92 Å². The molecule has 1 aromatic heterocycles. The fraction of sp³-hybridized carbons (Fsp3) is 0.455. The summed E-state index contributed by atoms with van der Waals surface area (Å²) in [5.41, 5.74) is 0.367. The molecule has 16 heavy (non-hydrogen) atoms. The summed E-state index contributed by atoms with van der Waals surface area (Å²) < 4.78 is 4.98. The Morgan fingerprint density at radius 1 is 1.44 bits per heavy atom. The Hall–Kier alpha value is -1.78. The number of aryl methyl sites for hydroxylation is 1. The van der Waals surface area contributed by atoms with Crippen molar-refractivity contribution in [2.45, 2.75) is 26.8 Å². The van der Waals surface area contributed by atoms with Crippen LogP contribution in [0.2, 0.25) is 0 Å². The van der Waals surface area contributed by atoms with Gasteiger partial charge in [0.2, 0.25) is 0 Å². The number of carboxylic acid groups (broad SMARTS) is 1. The molecule has 0 aliphatic rings. The molecular weight excluding hydrogens is 210 g/mol. The number of rotatable bonds is 4. The van der Waals surface area contributed by atoms with Crippen LogP contribution in [0.15, 0.2) is 16.7 Å². The normalized spacial score (nSPS) is 12.5. The second-order valence-corrected chi connectivity index (χ2v) is 3.92. The van der Waals surface area contributed by atoms with Crippen molar-refractivity contribution in [3.63, 3.8) is 0 Å². The van der Waals surface area contributed by atoms with Crippen LogP contribution in [0.1, 0.15) is 30.0 Å². The number of carbonyl (C=O) groups is 2. The summed E-state index contributed by atoms with van der Waals surface area (Å²) >= 11 is 0. The first-order valence-corrected chi connectivity index (χ1v) is 5.01. The molecular formula is C11H15NO4. The third-order valence-corrected chi connectivity index (χ3v) is 2.32. The van der Waals surface area contributed by atoms with E-state index in [1.165, 1.54) is 12.3 Å². The van der Waals surface area contributed by atoms with E-state index in [0.29, 0.717) is 11.3 Å². The molecule has 2 N–H and O–H groups in total. The molecule has 0 aromatic carbocycles. The Morgan fingerprint density at radius 2 is 2.06 bits per heavy atom. The summed E-state index contributed by atoms with van der Waals surface area (Å²) in [5, 5.41) is 11.4. The summed E-state index contributed by atoms with van der Waals surface area (Å²) in [4.78, 5) is 22.6. The highest BCUT2D eigenvalue weighted by atomic mass is 16.4. The van der Waals surface area contributed by atoms with Crippen LogP contribution >= 0.6 is 0 Å². The van der Waals surface area contributed by atoms with Crippen LogP contribution in [-0.4, -0.2) is 23.0 Å². The summed E-state index contributed by atoms with van der Waals surface area (Å²) in [5.74, 6) is -1.16. The molecule has 1 heterocycles. The molecule has 0 saturated carbocycles. The van der Waals surface area contributed by atoms with Crippen molar-refractivity contribution >= 4 is 11.9 Å². The molecule has 88 valence electrons. The lowest BCUT2D eigenvalue weighted by Gasteiger charge is -2.17. The summed E-state index contributed by atoms with van der Waals surface area (Å²) in [7, 11) is 0. The lowest BCUT2D eigenvalue weighted by Crippen LogP contribution is -2.44. The van der Waals surface area contributed by atoms with E-state index >= 15 is 0 Å². The first kappa shape index (κ1) is 12.3. The summed E-state index contributed by atoms with van der Waals surface area (Å²) in [6.45, 7) is 5.13.